The van der Waals surface area contributed by atoms with E-state index in [9.17, 15) is 4.79 Å². The lowest BCUT2D eigenvalue weighted by atomic mass is 9.86. The lowest BCUT2D eigenvalue weighted by Gasteiger charge is -2.23. The molecular formula is C26H31NO2. The Morgan fingerprint density at radius 2 is 1.62 bits per heavy atom. The maximum Gasteiger partial charge on any atom is 0.261 e. The van der Waals surface area contributed by atoms with E-state index in [-0.39, 0.29) is 17.4 Å². The summed E-state index contributed by atoms with van der Waals surface area (Å²) >= 11 is 0. The van der Waals surface area contributed by atoms with Crippen molar-refractivity contribution in [1.29, 1.82) is 0 Å². The summed E-state index contributed by atoms with van der Waals surface area (Å²) in [6, 6.07) is 22.4. The van der Waals surface area contributed by atoms with Crippen molar-refractivity contribution in [2.75, 3.05) is 0 Å². The molecule has 0 spiro atoms. The van der Waals surface area contributed by atoms with Crippen LogP contribution >= 0.6 is 0 Å². The predicted molar refractivity (Wildman–Crippen MR) is 120 cm³/mol. The Bertz CT molecular complexity index is 965. The van der Waals surface area contributed by atoms with Crippen molar-refractivity contribution in [3.63, 3.8) is 0 Å². The SMILES string of the molecule is CC[C@H](Oc1cccc2ccccc12)C(=O)N[C@H](C)c1ccc(C(C)(C)C)cc1. The van der Waals surface area contributed by atoms with Crippen LogP contribution in [0, 0.1) is 0 Å². The summed E-state index contributed by atoms with van der Waals surface area (Å²) in [6.07, 6.45) is 0.0715. The summed E-state index contributed by atoms with van der Waals surface area (Å²) in [6.45, 7) is 10.6. The summed E-state index contributed by atoms with van der Waals surface area (Å²) in [5.74, 6) is 0.653. The molecular weight excluding hydrogens is 358 g/mol. The van der Waals surface area contributed by atoms with Gasteiger partial charge in [-0.3, -0.25) is 4.79 Å². The second-order valence-corrected chi connectivity index (χ2v) is 8.59. The van der Waals surface area contributed by atoms with Gasteiger partial charge in [0, 0.05) is 5.39 Å². The van der Waals surface area contributed by atoms with Crippen LogP contribution in [0.25, 0.3) is 10.8 Å². The molecule has 1 N–H and O–H groups in total. The van der Waals surface area contributed by atoms with E-state index >= 15 is 0 Å². The molecule has 1 amide bonds. The quantitative estimate of drug-likeness (QED) is 0.547. The van der Waals surface area contributed by atoms with Crippen LogP contribution < -0.4 is 10.1 Å². The van der Waals surface area contributed by atoms with E-state index < -0.39 is 6.10 Å². The first-order valence-corrected chi connectivity index (χ1v) is 10.3. The molecule has 0 aliphatic carbocycles. The molecule has 0 aliphatic heterocycles. The van der Waals surface area contributed by atoms with Gasteiger partial charge < -0.3 is 10.1 Å². The maximum atomic E-state index is 12.9. The van der Waals surface area contributed by atoms with Crippen LogP contribution in [0.5, 0.6) is 5.75 Å². The number of hydrogen-bond acceptors (Lipinski definition) is 2. The normalized spacial score (nSPS) is 13.7. The van der Waals surface area contributed by atoms with Crippen LogP contribution in [0.3, 0.4) is 0 Å². The summed E-state index contributed by atoms with van der Waals surface area (Å²) in [4.78, 5) is 12.9. The zero-order valence-corrected chi connectivity index (χ0v) is 18.0. The number of rotatable bonds is 6. The lowest BCUT2D eigenvalue weighted by molar-refractivity contribution is -0.128. The molecule has 0 aliphatic rings. The van der Waals surface area contributed by atoms with Crippen LogP contribution in [0.4, 0.5) is 0 Å². The van der Waals surface area contributed by atoms with Crippen LogP contribution in [0.2, 0.25) is 0 Å². The van der Waals surface area contributed by atoms with Crippen LogP contribution in [0.15, 0.2) is 66.7 Å². The first-order valence-electron chi connectivity index (χ1n) is 10.3. The standard InChI is InChI=1S/C26H31NO2/c1-6-23(29-24-13-9-11-20-10-7-8-12-22(20)24)25(28)27-18(2)19-14-16-21(17-15-19)26(3,4)5/h7-18,23H,6H2,1-5H3,(H,27,28)/t18-,23+/m1/s1. The van der Waals surface area contributed by atoms with Crippen LogP contribution in [0.1, 0.15) is 58.2 Å². The average Bonchev–Trinajstić information content (AvgIpc) is 2.71. The van der Waals surface area contributed by atoms with Crippen molar-refractivity contribution in [1.82, 2.24) is 5.32 Å². The number of amides is 1. The van der Waals surface area contributed by atoms with Gasteiger partial charge in [-0.05, 0) is 41.3 Å². The monoisotopic (exact) mass is 389 g/mol. The molecule has 3 rings (SSSR count). The fraction of sp³-hybridized carbons (Fsp3) is 0.346. The molecule has 3 nitrogen and oxygen atoms in total. The second kappa shape index (κ2) is 8.69. The first-order chi connectivity index (χ1) is 13.8. The Labute approximate surface area is 174 Å². The molecule has 0 saturated carbocycles. The molecule has 3 aromatic carbocycles. The van der Waals surface area contributed by atoms with E-state index in [0.29, 0.717) is 6.42 Å². The Morgan fingerprint density at radius 3 is 2.28 bits per heavy atom. The fourth-order valence-electron chi connectivity index (χ4n) is 3.44. The molecule has 29 heavy (non-hydrogen) atoms. The van der Waals surface area contributed by atoms with Crippen molar-refractivity contribution >= 4 is 16.7 Å². The van der Waals surface area contributed by atoms with Gasteiger partial charge >= 0.3 is 0 Å². The number of hydrogen-bond donors (Lipinski definition) is 1. The average molecular weight is 390 g/mol. The first kappa shape index (κ1) is 20.9. The van der Waals surface area contributed by atoms with Crippen molar-refractivity contribution in [2.24, 2.45) is 0 Å². The van der Waals surface area contributed by atoms with E-state index in [0.717, 1.165) is 22.1 Å². The van der Waals surface area contributed by atoms with Crippen molar-refractivity contribution in [2.45, 2.75) is 58.6 Å². The molecule has 152 valence electrons. The lowest BCUT2D eigenvalue weighted by Crippen LogP contribution is -2.39. The Hall–Kier alpha value is -2.81. The minimum atomic E-state index is -0.530. The maximum absolute atomic E-state index is 12.9. The molecule has 0 heterocycles. The molecule has 3 aromatic rings. The highest BCUT2D eigenvalue weighted by molar-refractivity contribution is 5.89. The van der Waals surface area contributed by atoms with Gasteiger partial charge in [0.1, 0.15) is 5.75 Å². The molecule has 3 heteroatoms. The van der Waals surface area contributed by atoms with Gasteiger partial charge in [-0.25, -0.2) is 0 Å². The molecule has 0 bridgehead atoms. The summed E-state index contributed by atoms with van der Waals surface area (Å²) in [7, 11) is 0. The van der Waals surface area contributed by atoms with E-state index in [1.54, 1.807) is 0 Å². The largest absolute Gasteiger partial charge is 0.480 e. The van der Waals surface area contributed by atoms with Gasteiger partial charge in [-0.2, -0.15) is 0 Å². The zero-order valence-electron chi connectivity index (χ0n) is 18.0. The number of nitrogens with one attached hydrogen (secondary N) is 1. The second-order valence-electron chi connectivity index (χ2n) is 8.59. The van der Waals surface area contributed by atoms with Crippen LogP contribution in [-0.4, -0.2) is 12.0 Å². The third-order valence-corrected chi connectivity index (χ3v) is 5.32. The molecule has 0 aromatic heterocycles. The van der Waals surface area contributed by atoms with Gasteiger partial charge in [0.2, 0.25) is 0 Å². The van der Waals surface area contributed by atoms with Gasteiger partial charge in [0.25, 0.3) is 5.91 Å². The number of fused-ring (bicyclic) bond motifs is 1. The van der Waals surface area contributed by atoms with E-state index in [4.69, 9.17) is 4.74 Å². The van der Waals surface area contributed by atoms with Crippen molar-refractivity contribution in [3.8, 4) is 5.75 Å². The molecule has 0 radical (unpaired) electrons. The molecule has 0 unspecified atom stereocenters. The van der Waals surface area contributed by atoms with Crippen LogP contribution in [-0.2, 0) is 10.2 Å². The molecule has 2 atom stereocenters. The fourth-order valence-corrected chi connectivity index (χ4v) is 3.44. The Morgan fingerprint density at radius 1 is 0.966 bits per heavy atom. The highest BCUT2D eigenvalue weighted by Gasteiger charge is 2.22. The smallest absolute Gasteiger partial charge is 0.261 e. The number of ether oxygens (including phenoxy) is 1. The number of carbonyl (C=O) groups excluding carboxylic acids is 1. The van der Waals surface area contributed by atoms with E-state index in [1.165, 1.54) is 5.56 Å². The topological polar surface area (TPSA) is 38.3 Å². The van der Waals surface area contributed by atoms with Gasteiger partial charge in [0.05, 0.1) is 6.04 Å². The third-order valence-electron chi connectivity index (χ3n) is 5.32. The third kappa shape index (κ3) is 4.97. The minimum Gasteiger partial charge on any atom is -0.480 e. The minimum absolute atomic E-state index is 0.0818. The Balaban J connectivity index is 1.71. The zero-order chi connectivity index (χ0) is 21.0. The van der Waals surface area contributed by atoms with Gasteiger partial charge in [-0.1, -0.05) is 88.4 Å². The van der Waals surface area contributed by atoms with E-state index in [2.05, 4.69) is 50.4 Å². The number of carbonyl (C=O) groups is 1. The summed E-state index contributed by atoms with van der Waals surface area (Å²) < 4.78 is 6.13. The summed E-state index contributed by atoms with van der Waals surface area (Å²) in [5, 5.41) is 5.23. The molecule has 0 fully saturated rings. The molecule has 0 saturated heterocycles. The number of benzene rings is 3. The van der Waals surface area contributed by atoms with Crippen molar-refractivity contribution in [3.05, 3.63) is 77.9 Å². The van der Waals surface area contributed by atoms with Gasteiger partial charge in [-0.15, -0.1) is 0 Å². The highest BCUT2D eigenvalue weighted by Crippen LogP contribution is 2.27. The van der Waals surface area contributed by atoms with E-state index in [1.807, 2.05) is 56.3 Å². The van der Waals surface area contributed by atoms with Gasteiger partial charge in [0.15, 0.2) is 6.10 Å². The highest BCUT2D eigenvalue weighted by atomic mass is 16.5. The Kier molecular flexibility index (Phi) is 6.26. The predicted octanol–water partition coefficient (Wildman–Crippen LogP) is 6.17. The summed E-state index contributed by atoms with van der Waals surface area (Å²) in [5.41, 5.74) is 2.49. The van der Waals surface area contributed by atoms with Crippen molar-refractivity contribution < 1.29 is 9.53 Å².